The molecule has 2 aromatic rings. The number of ether oxygens (including phenoxy) is 1. The second-order valence-corrected chi connectivity index (χ2v) is 14.1. The predicted molar refractivity (Wildman–Crippen MR) is 195 cm³/mol. The van der Waals surface area contributed by atoms with Gasteiger partial charge in [0.05, 0.1) is 6.61 Å². The maximum absolute atomic E-state index is 9.48. The SMILES string of the molecule is C=C(C)CC(COC)C1CCC(CCC2CCC(c3ccc4cc(CCCCCC)ccc4c3)CC2)CC1.C=C(C=O)CO.C=O. The number of aldehydes is 1. The van der Waals surface area contributed by atoms with Crippen LogP contribution in [-0.2, 0) is 20.7 Å². The van der Waals surface area contributed by atoms with E-state index in [9.17, 15) is 4.79 Å². The summed E-state index contributed by atoms with van der Waals surface area (Å²) >= 11 is 0. The van der Waals surface area contributed by atoms with E-state index in [1.807, 2.05) is 13.9 Å². The van der Waals surface area contributed by atoms with E-state index in [0.29, 0.717) is 12.2 Å². The summed E-state index contributed by atoms with van der Waals surface area (Å²) in [6.45, 7) is 14.5. The molecule has 0 bridgehead atoms. The fraction of sp³-hybridized carbons (Fsp3) is 0.619. The highest BCUT2D eigenvalue weighted by Crippen LogP contribution is 2.42. The lowest BCUT2D eigenvalue weighted by atomic mass is 9.71. The van der Waals surface area contributed by atoms with E-state index in [0.717, 1.165) is 36.7 Å². The van der Waals surface area contributed by atoms with Crippen LogP contribution in [-0.4, -0.2) is 38.5 Å². The lowest BCUT2D eigenvalue weighted by Crippen LogP contribution is -2.25. The van der Waals surface area contributed by atoms with Crippen LogP contribution in [0.25, 0.3) is 10.8 Å². The van der Waals surface area contributed by atoms with E-state index >= 15 is 0 Å². The van der Waals surface area contributed by atoms with Gasteiger partial charge in [0.1, 0.15) is 13.1 Å². The van der Waals surface area contributed by atoms with Crippen LogP contribution in [0.15, 0.2) is 60.7 Å². The molecular formula is C42H64O4. The molecule has 0 spiro atoms. The number of hydrogen-bond donors (Lipinski definition) is 1. The Kier molecular flexibility index (Phi) is 19.7. The number of aliphatic hydroxyl groups excluding tert-OH is 1. The third kappa shape index (κ3) is 14.1. The first-order valence-corrected chi connectivity index (χ1v) is 18.0. The van der Waals surface area contributed by atoms with Crippen LogP contribution in [0.1, 0.15) is 127 Å². The van der Waals surface area contributed by atoms with Crippen molar-refractivity contribution in [2.24, 2.45) is 23.7 Å². The largest absolute Gasteiger partial charge is 0.392 e. The van der Waals surface area contributed by atoms with Gasteiger partial charge in [-0.3, -0.25) is 4.79 Å². The van der Waals surface area contributed by atoms with Crippen molar-refractivity contribution in [1.29, 1.82) is 0 Å². The summed E-state index contributed by atoms with van der Waals surface area (Å²) in [5, 5.41) is 10.9. The number of methoxy groups -OCH3 is 1. The Morgan fingerprint density at radius 3 is 2.04 bits per heavy atom. The molecule has 0 aliphatic heterocycles. The first kappa shape index (κ1) is 39.6. The summed E-state index contributed by atoms with van der Waals surface area (Å²) in [7, 11) is 1.86. The van der Waals surface area contributed by atoms with Crippen molar-refractivity contribution in [1.82, 2.24) is 0 Å². The average Bonchev–Trinajstić information content (AvgIpc) is 3.10. The van der Waals surface area contributed by atoms with Crippen molar-refractivity contribution in [3.8, 4) is 0 Å². The molecule has 0 heterocycles. The molecule has 1 atom stereocenters. The highest BCUT2D eigenvalue weighted by Gasteiger charge is 2.29. The number of carbonyl (C=O) groups excluding carboxylic acids is 2. The zero-order valence-electron chi connectivity index (χ0n) is 29.4. The molecule has 2 aromatic carbocycles. The molecule has 256 valence electrons. The Morgan fingerprint density at radius 1 is 0.891 bits per heavy atom. The number of carbonyl (C=O) groups is 2. The number of aliphatic hydroxyl groups is 1. The number of fused-ring (bicyclic) bond motifs is 1. The number of allylic oxidation sites excluding steroid dienone is 1. The van der Waals surface area contributed by atoms with Crippen molar-refractivity contribution in [3.05, 3.63) is 71.8 Å². The summed E-state index contributed by atoms with van der Waals surface area (Å²) < 4.78 is 5.56. The smallest absolute Gasteiger partial charge is 0.147 e. The second kappa shape index (κ2) is 22.9. The average molecular weight is 633 g/mol. The fourth-order valence-corrected chi connectivity index (χ4v) is 7.74. The summed E-state index contributed by atoms with van der Waals surface area (Å²) in [4.78, 5) is 17.5. The molecule has 2 aliphatic rings. The van der Waals surface area contributed by atoms with Gasteiger partial charge < -0.3 is 14.6 Å². The van der Waals surface area contributed by atoms with E-state index in [1.54, 1.807) is 5.56 Å². The minimum absolute atomic E-state index is 0.218. The first-order chi connectivity index (χ1) is 22.4. The Labute approximate surface area is 281 Å². The molecule has 2 aliphatic carbocycles. The van der Waals surface area contributed by atoms with Gasteiger partial charge in [-0.15, -0.1) is 6.58 Å². The third-order valence-electron chi connectivity index (χ3n) is 10.5. The summed E-state index contributed by atoms with van der Waals surface area (Å²) in [5.74, 6) is 4.23. The van der Waals surface area contributed by atoms with Gasteiger partial charge in [0.15, 0.2) is 0 Å². The minimum atomic E-state index is -0.233. The lowest BCUT2D eigenvalue weighted by molar-refractivity contribution is -0.105. The predicted octanol–water partition coefficient (Wildman–Crippen LogP) is 10.6. The van der Waals surface area contributed by atoms with E-state index in [4.69, 9.17) is 14.6 Å². The number of hydrogen-bond acceptors (Lipinski definition) is 4. The van der Waals surface area contributed by atoms with Crippen LogP contribution in [0.5, 0.6) is 0 Å². The molecule has 0 saturated heterocycles. The topological polar surface area (TPSA) is 63.6 Å². The molecule has 1 N–H and O–H groups in total. The monoisotopic (exact) mass is 632 g/mol. The van der Waals surface area contributed by atoms with Crippen LogP contribution < -0.4 is 0 Å². The van der Waals surface area contributed by atoms with Gasteiger partial charge in [-0.25, -0.2) is 0 Å². The second-order valence-electron chi connectivity index (χ2n) is 14.1. The highest BCUT2D eigenvalue weighted by molar-refractivity contribution is 5.84. The van der Waals surface area contributed by atoms with E-state index in [1.165, 1.54) is 118 Å². The number of benzene rings is 2. The maximum Gasteiger partial charge on any atom is 0.147 e. The van der Waals surface area contributed by atoms with Gasteiger partial charge in [-0.2, -0.15) is 0 Å². The Morgan fingerprint density at radius 2 is 1.50 bits per heavy atom. The number of aryl methyl sites for hydroxylation is 1. The van der Waals surface area contributed by atoms with E-state index in [-0.39, 0.29) is 12.2 Å². The summed E-state index contributed by atoms with van der Waals surface area (Å²) in [6, 6.07) is 14.5. The molecule has 0 amide bonds. The van der Waals surface area contributed by atoms with E-state index in [2.05, 4.69) is 63.4 Å². The van der Waals surface area contributed by atoms with Crippen molar-refractivity contribution in [2.45, 2.75) is 122 Å². The van der Waals surface area contributed by atoms with Crippen LogP contribution in [0, 0.1) is 23.7 Å². The molecule has 1 unspecified atom stereocenters. The van der Waals surface area contributed by atoms with Crippen LogP contribution in [0.2, 0.25) is 0 Å². The standard InChI is InChI=1S/C37H56O.C4H6O2.CH2O/c1-5-6-7-8-9-31-16-21-36-26-35(23-22-34(36)25-31)32-17-12-29(13-18-32)10-11-30-14-19-33(20-15-30)37(27-38-4)24-28(2)3;1-4(2-5)3-6;1-2/h16,21-23,25-26,29-30,32-33,37H,2,5-15,17-20,24,27H2,1,3-4H3;2,6H,1,3H2;1H2. The van der Waals surface area contributed by atoms with Crippen molar-refractivity contribution < 1.29 is 19.4 Å². The lowest BCUT2D eigenvalue weighted by Gasteiger charge is -2.35. The molecule has 2 saturated carbocycles. The third-order valence-corrected chi connectivity index (χ3v) is 10.5. The number of rotatable bonds is 16. The molecule has 4 nitrogen and oxygen atoms in total. The van der Waals surface area contributed by atoms with Crippen molar-refractivity contribution >= 4 is 23.8 Å². The van der Waals surface area contributed by atoms with Gasteiger partial charge in [0, 0.05) is 19.3 Å². The highest BCUT2D eigenvalue weighted by atomic mass is 16.5. The molecule has 4 rings (SSSR count). The summed E-state index contributed by atoms with van der Waals surface area (Å²) in [5.41, 5.74) is 4.63. The normalized spacial score (nSPS) is 21.7. The number of unbranched alkanes of at least 4 members (excludes halogenated alkanes) is 3. The molecule has 0 radical (unpaired) electrons. The zero-order chi connectivity index (χ0) is 33.7. The molecular weight excluding hydrogens is 568 g/mol. The molecule has 2 fully saturated rings. The van der Waals surface area contributed by atoms with Gasteiger partial charge in [0.2, 0.25) is 0 Å². The first-order valence-electron chi connectivity index (χ1n) is 18.0. The van der Waals surface area contributed by atoms with Crippen LogP contribution in [0.3, 0.4) is 0 Å². The van der Waals surface area contributed by atoms with Crippen LogP contribution >= 0.6 is 0 Å². The van der Waals surface area contributed by atoms with Gasteiger partial charge in [0.25, 0.3) is 0 Å². The van der Waals surface area contributed by atoms with Gasteiger partial charge in [-0.1, -0.05) is 100 Å². The summed E-state index contributed by atoms with van der Waals surface area (Å²) in [6.07, 6.45) is 22.5. The van der Waals surface area contributed by atoms with Crippen molar-refractivity contribution in [2.75, 3.05) is 20.3 Å². The Balaban J connectivity index is 0.000000826. The molecule has 4 heteroatoms. The maximum atomic E-state index is 9.48. The quantitative estimate of drug-likeness (QED) is 0.0865. The Hall–Kier alpha value is -2.56. The van der Waals surface area contributed by atoms with E-state index < -0.39 is 0 Å². The van der Waals surface area contributed by atoms with Gasteiger partial charge >= 0.3 is 0 Å². The molecule has 46 heavy (non-hydrogen) atoms. The van der Waals surface area contributed by atoms with Crippen LogP contribution in [0.4, 0.5) is 0 Å². The minimum Gasteiger partial charge on any atom is -0.392 e. The fourth-order valence-electron chi connectivity index (χ4n) is 7.74. The van der Waals surface area contributed by atoms with Crippen molar-refractivity contribution in [3.63, 3.8) is 0 Å². The Bertz CT molecular complexity index is 1150. The van der Waals surface area contributed by atoms with Gasteiger partial charge in [-0.05, 0) is 116 Å². The molecule has 0 aromatic heterocycles. The zero-order valence-corrected chi connectivity index (χ0v) is 29.4.